The van der Waals surface area contributed by atoms with Gasteiger partial charge in [-0.2, -0.15) is 0 Å². The highest BCUT2D eigenvalue weighted by atomic mass is 16.5. The number of fused-ring (bicyclic) bond motifs is 1. The lowest BCUT2D eigenvalue weighted by Crippen LogP contribution is -2.35. The number of para-hydroxylation sites is 1. The molecule has 1 fully saturated rings. The van der Waals surface area contributed by atoms with Crippen molar-refractivity contribution in [3.8, 4) is 0 Å². The SMILES string of the molecule is CCN(CC1CCOC1)C(=O)c1c[nH]c2ccccc12. The fourth-order valence-corrected chi connectivity index (χ4v) is 2.81. The van der Waals surface area contributed by atoms with Crippen LogP contribution in [0.25, 0.3) is 10.9 Å². The largest absolute Gasteiger partial charge is 0.381 e. The molecule has 106 valence electrons. The molecule has 1 N–H and O–H groups in total. The van der Waals surface area contributed by atoms with Crippen LogP contribution < -0.4 is 0 Å². The Hall–Kier alpha value is -1.81. The molecule has 2 heterocycles. The van der Waals surface area contributed by atoms with Crippen molar-refractivity contribution in [1.82, 2.24) is 9.88 Å². The Bertz CT molecular complexity index is 599. The van der Waals surface area contributed by atoms with Crippen LogP contribution in [0.1, 0.15) is 23.7 Å². The van der Waals surface area contributed by atoms with Crippen LogP contribution in [0.3, 0.4) is 0 Å². The van der Waals surface area contributed by atoms with Gasteiger partial charge in [0.15, 0.2) is 0 Å². The molecule has 1 amide bonds. The Morgan fingerprint density at radius 1 is 1.45 bits per heavy atom. The summed E-state index contributed by atoms with van der Waals surface area (Å²) in [5.74, 6) is 0.584. The third-order valence-corrected chi connectivity index (χ3v) is 3.99. The van der Waals surface area contributed by atoms with Crippen molar-refractivity contribution in [3.63, 3.8) is 0 Å². The highest BCUT2D eigenvalue weighted by Crippen LogP contribution is 2.21. The smallest absolute Gasteiger partial charge is 0.256 e. The van der Waals surface area contributed by atoms with E-state index in [0.717, 1.165) is 49.2 Å². The van der Waals surface area contributed by atoms with Crippen LogP contribution in [0.15, 0.2) is 30.5 Å². The molecule has 0 saturated carbocycles. The van der Waals surface area contributed by atoms with Gasteiger partial charge in [0.1, 0.15) is 0 Å². The fourth-order valence-electron chi connectivity index (χ4n) is 2.81. The van der Waals surface area contributed by atoms with E-state index >= 15 is 0 Å². The zero-order chi connectivity index (χ0) is 13.9. The highest BCUT2D eigenvalue weighted by Gasteiger charge is 2.23. The fraction of sp³-hybridized carbons (Fsp3) is 0.438. The maximum absolute atomic E-state index is 12.7. The Morgan fingerprint density at radius 3 is 3.05 bits per heavy atom. The van der Waals surface area contributed by atoms with Crippen molar-refractivity contribution < 1.29 is 9.53 Å². The number of nitrogens with zero attached hydrogens (tertiary/aromatic N) is 1. The number of nitrogens with one attached hydrogen (secondary N) is 1. The van der Waals surface area contributed by atoms with E-state index < -0.39 is 0 Å². The summed E-state index contributed by atoms with van der Waals surface area (Å²) in [5, 5.41) is 0.999. The van der Waals surface area contributed by atoms with Crippen LogP contribution in [0.4, 0.5) is 0 Å². The molecule has 1 unspecified atom stereocenters. The second-order valence-corrected chi connectivity index (χ2v) is 5.32. The summed E-state index contributed by atoms with van der Waals surface area (Å²) < 4.78 is 5.40. The molecule has 1 aromatic carbocycles. The number of amides is 1. The van der Waals surface area contributed by atoms with Gasteiger partial charge in [-0.05, 0) is 19.4 Å². The number of H-pyrrole nitrogens is 1. The van der Waals surface area contributed by atoms with E-state index in [0.29, 0.717) is 5.92 Å². The molecule has 0 spiro atoms. The Labute approximate surface area is 118 Å². The number of carbonyl (C=O) groups is 1. The zero-order valence-corrected chi connectivity index (χ0v) is 11.8. The van der Waals surface area contributed by atoms with Gasteiger partial charge in [0, 0.05) is 42.7 Å². The van der Waals surface area contributed by atoms with E-state index in [9.17, 15) is 4.79 Å². The maximum Gasteiger partial charge on any atom is 0.256 e. The van der Waals surface area contributed by atoms with Crippen LogP contribution in [-0.2, 0) is 4.74 Å². The van der Waals surface area contributed by atoms with E-state index in [1.54, 1.807) is 0 Å². The number of rotatable bonds is 4. The quantitative estimate of drug-likeness (QED) is 0.930. The summed E-state index contributed by atoms with van der Waals surface area (Å²) in [4.78, 5) is 17.8. The van der Waals surface area contributed by atoms with Gasteiger partial charge >= 0.3 is 0 Å². The van der Waals surface area contributed by atoms with Gasteiger partial charge in [-0.3, -0.25) is 4.79 Å². The van der Waals surface area contributed by atoms with Gasteiger partial charge in [-0.1, -0.05) is 18.2 Å². The summed E-state index contributed by atoms with van der Waals surface area (Å²) in [6, 6.07) is 7.92. The molecule has 20 heavy (non-hydrogen) atoms. The second-order valence-electron chi connectivity index (χ2n) is 5.32. The van der Waals surface area contributed by atoms with Crippen molar-refractivity contribution in [1.29, 1.82) is 0 Å². The third kappa shape index (κ3) is 2.43. The first kappa shape index (κ1) is 13.2. The lowest BCUT2D eigenvalue weighted by Gasteiger charge is -2.23. The van der Waals surface area contributed by atoms with Gasteiger partial charge in [-0.15, -0.1) is 0 Å². The van der Waals surface area contributed by atoms with E-state index in [4.69, 9.17) is 4.74 Å². The molecule has 1 atom stereocenters. The van der Waals surface area contributed by atoms with Crippen LogP contribution in [-0.4, -0.2) is 42.1 Å². The summed E-state index contributed by atoms with van der Waals surface area (Å²) in [6.07, 6.45) is 2.87. The van der Waals surface area contributed by atoms with Crippen molar-refractivity contribution in [3.05, 3.63) is 36.0 Å². The molecule has 2 aromatic rings. The summed E-state index contributed by atoms with van der Waals surface area (Å²) in [6.45, 7) is 5.15. The van der Waals surface area contributed by atoms with Crippen LogP contribution >= 0.6 is 0 Å². The molecule has 0 aliphatic carbocycles. The summed E-state index contributed by atoms with van der Waals surface area (Å²) >= 11 is 0. The third-order valence-electron chi connectivity index (χ3n) is 3.99. The first-order valence-corrected chi connectivity index (χ1v) is 7.22. The molecular formula is C16H20N2O2. The van der Waals surface area contributed by atoms with Gasteiger partial charge < -0.3 is 14.6 Å². The molecule has 4 heteroatoms. The van der Waals surface area contributed by atoms with Crippen LogP contribution in [0, 0.1) is 5.92 Å². The van der Waals surface area contributed by atoms with E-state index in [1.165, 1.54) is 0 Å². The van der Waals surface area contributed by atoms with Crippen LogP contribution in [0.5, 0.6) is 0 Å². The summed E-state index contributed by atoms with van der Waals surface area (Å²) in [5.41, 5.74) is 1.78. The first-order valence-electron chi connectivity index (χ1n) is 7.22. The predicted molar refractivity (Wildman–Crippen MR) is 78.8 cm³/mol. The minimum atomic E-state index is 0.108. The van der Waals surface area contributed by atoms with Crippen LogP contribution in [0.2, 0.25) is 0 Å². The zero-order valence-electron chi connectivity index (χ0n) is 11.8. The van der Waals surface area contributed by atoms with Gasteiger partial charge in [0.05, 0.1) is 12.2 Å². The Balaban J connectivity index is 1.82. The minimum absolute atomic E-state index is 0.108. The van der Waals surface area contributed by atoms with Gasteiger partial charge in [0.2, 0.25) is 0 Å². The summed E-state index contributed by atoms with van der Waals surface area (Å²) in [7, 11) is 0. The topological polar surface area (TPSA) is 45.3 Å². The molecule has 0 bridgehead atoms. The molecule has 0 radical (unpaired) electrons. The first-order chi connectivity index (χ1) is 9.79. The van der Waals surface area contributed by atoms with E-state index in [2.05, 4.69) is 4.98 Å². The number of ether oxygens (including phenoxy) is 1. The number of aromatic nitrogens is 1. The second kappa shape index (κ2) is 5.67. The average Bonchev–Trinajstić information content (AvgIpc) is 3.13. The van der Waals surface area contributed by atoms with Gasteiger partial charge in [0.25, 0.3) is 5.91 Å². The molecule has 1 aliphatic rings. The number of aromatic amines is 1. The van der Waals surface area contributed by atoms with Crippen molar-refractivity contribution in [2.75, 3.05) is 26.3 Å². The van der Waals surface area contributed by atoms with E-state index in [-0.39, 0.29) is 5.91 Å². The Morgan fingerprint density at radius 2 is 2.30 bits per heavy atom. The lowest BCUT2D eigenvalue weighted by atomic mass is 10.1. The minimum Gasteiger partial charge on any atom is -0.381 e. The van der Waals surface area contributed by atoms with Crippen molar-refractivity contribution in [2.24, 2.45) is 5.92 Å². The van der Waals surface area contributed by atoms with Gasteiger partial charge in [-0.25, -0.2) is 0 Å². The van der Waals surface area contributed by atoms with Crippen molar-refractivity contribution in [2.45, 2.75) is 13.3 Å². The maximum atomic E-state index is 12.7. The normalized spacial score (nSPS) is 18.6. The predicted octanol–water partition coefficient (Wildman–Crippen LogP) is 2.67. The molecule has 4 nitrogen and oxygen atoms in total. The lowest BCUT2D eigenvalue weighted by molar-refractivity contribution is 0.0733. The monoisotopic (exact) mass is 272 g/mol. The van der Waals surface area contributed by atoms with Crippen molar-refractivity contribution >= 4 is 16.8 Å². The average molecular weight is 272 g/mol. The number of benzene rings is 1. The molecule has 1 saturated heterocycles. The molecular weight excluding hydrogens is 252 g/mol. The highest BCUT2D eigenvalue weighted by molar-refractivity contribution is 6.06. The number of hydrogen-bond donors (Lipinski definition) is 1. The standard InChI is InChI=1S/C16H20N2O2/c1-2-18(10-12-7-8-20-11-12)16(19)14-9-17-15-6-4-3-5-13(14)15/h3-6,9,12,17H,2,7-8,10-11H2,1H3. The molecule has 3 rings (SSSR count). The van der Waals surface area contributed by atoms with E-state index in [1.807, 2.05) is 42.3 Å². The number of carbonyl (C=O) groups excluding carboxylic acids is 1. The molecule has 1 aliphatic heterocycles. The Kier molecular flexibility index (Phi) is 3.74. The molecule has 1 aromatic heterocycles. The number of hydrogen-bond acceptors (Lipinski definition) is 2.